The fraction of sp³-hybridized carbons (Fsp3) is 0.435. The molecule has 0 amide bonds. The topological polar surface area (TPSA) is 55.3 Å². The quantitative estimate of drug-likeness (QED) is 0.245. The standard InChI is InChI=1S/C23H31N3O3.HI/c1-24-23(25-10-12-29-17-18-7-5-4-6-8-18)26-11-9-19(16-26)20-13-21(27-2)15-22(14-20)28-3;/h4-8,13-15,19H,9-12,16-17H2,1-3H3,(H,24,25);1H. The second kappa shape index (κ2) is 12.6. The number of guanidine groups is 1. The third kappa shape index (κ3) is 6.77. The maximum absolute atomic E-state index is 5.75. The number of hydrogen-bond acceptors (Lipinski definition) is 4. The van der Waals surface area contributed by atoms with Crippen molar-refractivity contribution in [2.75, 3.05) is 47.5 Å². The minimum absolute atomic E-state index is 0. The molecule has 1 unspecified atom stereocenters. The van der Waals surface area contributed by atoms with Gasteiger partial charge >= 0.3 is 0 Å². The highest BCUT2D eigenvalue weighted by atomic mass is 127. The largest absolute Gasteiger partial charge is 0.497 e. The smallest absolute Gasteiger partial charge is 0.193 e. The summed E-state index contributed by atoms with van der Waals surface area (Å²) in [6.45, 7) is 3.88. The molecule has 2 aromatic rings. The third-order valence-corrected chi connectivity index (χ3v) is 5.19. The number of halogens is 1. The molecule has 164 valence electrons. The van der Waals surface area contributed by atoms with Crippen molar-refractivity contribution in [3.63, 3.8) is 0 Å². The number of benzene rings is 2. The van der Waals surface area contributed by atoms with Gasteiger partial charge in [-0.15, -0.1) is 24.0 Å². The van der Waals surface area contributed by atoms with Crippen LogP contribution in [0.1, 0.15) is 23.5 Å². The van der Waals surface area contributed by atoms with Crippen molar-refractivity contribution in [2.24, 2.45) is 4.99 Å². The van der Waals surface area contributed by atoms with Gasteiger partial charge in [-0.3, -0.25) is 4.99 Å². The molecule has 1 aliphatic rings. The minimum Gasteiger partial charge on any atom is -0.497 e. The van der Waals surface area contributed by atoms with E-state index in [-0.39, 0.29) is 24.0 Å². The van der Waals surface area contributed by atoms with Gasteiger partial charge < -0.3 is 24.4 Å². The summed E-state index contributed by atoms with van der Waals surface area (Å²) in [6, 6.07) is 16.3. The van der Waals surface area contributed by atoms with Crippen molar-refractivity contribution in [2.45, 2.75) is 18.9 Å². The predicted molar refractivity (Wildman–Crippen MR) is 131 cm³/mol. The number of ether oxygens (including phenoxy) is 3. The molecule has 6 nitrogen and oxygen atoms in total. The molecular formula is C23H32IN3O3. The normalized spacial score (nSPS) is 16.2. The Bertz CT molecular complexity index is 779. The summed E-state index contributed by atoms with van der Waals surface area (Å²) < 4.78 is 16.6. The lowest BCUT2D eigenvalue weighted by Gasteiger charge is -2.22. The Morgan fingerprint density at radius 1 is 1.10 bits per heavy atom. The first-order valence-electron chi connectivity index (χ1n) is 10.0. The highest BCUT2D eigenvalue weighted by Gasteiger charge is 2.26. The summed E-state index contributed by atoms with van der Waals surface area (Å²) in [4.78, 5) is 6.75. The molecule has 1 aliphatic heterocycles. The van der Waals surface area contributed by atoms with Crippen LogP contribution in [0, 0.1) is 0 Å². The molecular weight excluding hydrogens is 493 g/mol. The summed E-state index contributed by atoms with van der Waals surface area (Å²) in [6.07, 6.45) is 1.07. The SMILES string of the molecule is CN=C(NCCOCc1ccccc1)N1CCC(c2cc(OC)cc(OC)c2)C1.I. The lowest BCUT2D eigenvalue weighted by atomic mass is 9.98. The molecule has 0 bridgehead atoms. The van der Waals surface area contributed by atoms with Gasteiger partial charge in [-0.05, 0) is 29.7 Å². The zero-order chi connectivity index (χ0) is 20.5. The first-order valence-corrected chi connectivity index (χ1v) is 10.0. The second-order valence-electron chi connectivity index (χ2n) is 7.09. The van der Waals surface area contributed by atoms with Gasteiger partial charge in [0.25, 0.3) is 0 Å². The first-order chi connectivity index (χ1) is 14.2. The van der Waals surface area contributed by atoms with Gasteiger partial charge in [0.15, 0.2) is 5.96 Å². The molecule has 1 heterocycles. The Kier molecular flexibility index (Phi) is 10.2. The monoisotopic (exact) mass is 525 g/mol. The number of aliphatic imine (C=N–C) groups is 1. The van der Waals surface area contributed by atoms with Crippen molar-refractivity contribution in [1.82, 2.24) is 10.2 Å². The predicted octanol–water partition coefficient (Wildman–Crippen LogP) is 3.90. The Morgan fingerprint density at radius 2 is 1.80 bits per heavy atom. The average molecular weight is 525 g/mol. The van der Waals surface area contributed by atoms with E-state index in [2.05, 4.69) is 39.5 Å². The molecule has 0 radical (unpaired) electrons. The van der Waals surface area contributed by atoms with Crippen molar-refractivity contribution >= 4 is 29.9 Å². The van der Waals surface area contributed by atoms with E-state index in [1.807, 2.05) is 31.3 Å². The van der Waals surface area contributed by atoms with E-state index in [0.717, 1.165) is 43.5 Å². The number of methoxy groups -OCH3 is 2. The summed E-state index contributed by atoms with van der Waals surface area (Å²) in [5, 5.41) is 3.42. The molecule has 1 N–H and O–H groups in total. The van der Waals surface area contributed by atoms with Crippen LogP contribution >= 0.6 is 24.0 Å². The van der Waals surface area contributed by atoms with Gasteiger partial charge in [-0.25, -0.2) is 0 Å². The highest BCUT2D eigenvalue weighted by Crippen LogP contribution is 2.32. The number of likely N-dealkylation sites (tertiary alicyclic amines) is 1. The number of rotatable bonds is 8. The summed E-state index contributed by atoms with van der Waals surface area (Å²) in [7, 11) is 5.20. The summed E-state index contributed by atoms with van der Waals surface area (Å²) in [5.41, 5.74) is 2.43. The van der Waals surface area contributed by atoms with Crippen LogP contribution in [0.15, 0.2) is 53.5 Å². The molecule has 2 aromatic carbocycles. The van der Waals surface area contributed by atoms with E-state index in [4.69, 9.17) is 14.2 Å². The van der Waals surface area contributed by atoms with Crippen LogP contribution < -0.4 is 14.8 Å². The maximum Gasteiger partial charge on any atom is 0.193 e. The van der Waals surface area contributed by atoms with Crippen LogP contribution in [0.2, 0.25) is 0 Å². The maximum atomic E-state index is 5.75. The van der Waals surface area contributed by atoms with E-state index < -0.39 is 0 Å². The van der Waals surface area contributed by atoms with Gasteiger partial charge in [0, 0.05) is 38.7 Å². The Labute approximate surface area is 196 Å². The lowest BCUT2D eigenvalue weighted by Crippen LogP contribution is -2.41. The summed E-state index contributed by atoms with van der Waals surface area (Å²) in [5.74, 6) is 3.00. The molecule has 7 heteroatoms. The number of hydrogen-bond donors (Lipinski definition) is 1. The zero-order valence-electron chi connectivity index (χ0n) is 18.0. The van der Waals surface area contributed by atoms with Crippen LogP contribution in [0.25, 0.3) is 0 Å². The number of nitrogens with zero attached hydrogens (tertiary/aromatic N) is 2. The second-order valence-corrected chi connectivity index (χ2v) is 7.09. The Balaban J connectivity index is 0.00000320. The molecule has 0 aromatic heterocycles. The fourth-order valence-electron chi connectivity index (χ4n) is 3.62. The van der Waals surface area contributed by atoms with Gasteiger partial charge in [-0.1, -0.05) is 30.3 Å². The Morgan fingerprint density at radius 3 is 2.43 bits per heavy atom. The van der Waals surface area contributed by atoms with Gasteiger partial charge in [0.2, 0.25) is 0 Å². The minimum atomic E-state index is 0. The Hall–Kier alpha value is -2.00. The molecule has 3 rings (SSSR count). The fourth-order valence-corrected chi connectivity index (χ4v) is 3.62. The van der Waals surface area contributed by atoms with Crippen molar-refractivity contribution in [1.29, 1.82) is 0 Å². The molecule has 1 fully saturated rings. The lowest BCUT2D eigenvalue weighted by molar-refractivity contribution is 0.125. The molecule has 0 aliphatic carbocycles. The molecule has 0 spiro atoms. The van der Waals surface area contributed by atoms with Gasteiger partial charge in [-0.2, -0.15) is 0 Å². The van der Waals surface area contributed by atoms with Crippen molar-refractivity contribution < 1.29 is 14.2 Å². The van der Waals surface area contributed by atoms with Crippen molar-refractivity contribution in [3.05, 3.63) is 59.7 Å². The van der Waals surface area contributed by atoms with Crippen molar-refractivity contribution in [3.8, 4) is 11.5 Å². The zero-order valence-corrected chi connectivity index (χ0v) is 20.3. The number of nitrogens with one attached hydrogen (secondary N) is 1. The van der Waals surface area contributed by atoms with E-state index in [0.29, 0.717) is 19.1 Å². The molecule has 1 atom stereocenters. The van der Waals surface area contributed by atoms with E-state index in [1.165, 1.54) is 11.1 Å². The average Bonchev–Trinajstić information content (AvgIpc) is 3.26. The van der Waals surface area contributed by atoms with Crippen LogP contribution in [0.5, 0.6) is 11.5 Å². The summed E-state index contributed by atoms with van der Waals surface area (Å²) >= 11 is 0. The molecule has 0 saturated carbocycles. The van der Waals surface area contributed by atoms with E-state index >= 15 is 0 Å². The third-order valence-electron chi connectivity index (χ3n) is 5.19. The molecule has 30 heavy (non-hydrogen) atoms. The van der Waals surface area contributed by atoms with Crippen LogP contribution in [-0.4, -0.2) is 58.4 Å². The van der Waals surface area contributed by atoms with Crippen LogP contribution in [-0.2, 0) is 11.3 Å². The van der Waals surface area contributed by atoms with Gasteiger partial charge in [0.1, 0.15) is 11.5 Å². The van der Waals surface area contributed by atoms with E-state index in [1.54, 1.807) is 14.2 Å². The van der Waals surface area contributed by atoms with E-state index in [9.17, 15) is 0 Å². The highest BCUT2D eigenvalue weighted by molar-refractivity contribution is 14.0. The molecule has 1 saturated heterocycles. The van der Waals surface area contributed by atoms with Crippen LogP contribution in [0.3, 0.4) is 0 Å². The first kappa shape index (κ1) is 24.3. The van der Waals surface area contributed by atoms with Crippen LogP contribution in [0.4, 0.5) is 0 Å². The van der Waals surface area contributed by atoms with Gasteiger partial charge in [0.05, 0.1) is 27.4 Å².